The topological polar surface area (TPSA) is 40.5 Å². The molecule has 2 aromatic carbocycles. The van der Waals surface area contributed by atoms with E-state index in [0.29, 0.717) is 6.54 Å². The molecule has 0 heterocycles. The molecule has 0 radical (unpaired) electrons. The van der Waals surface area contributed by atoms with Crippen molar-refractivity contribution >= 4 is 11.6 Å². The van der Waals surface area contributed by atoms with E-state index in [9.17, 15) is 9.90 Å². The highest BCUT2D eigenvalue weighted by molar-refractivity contribution is 5.95. The van der Waals surface area contributed by atoms with Crippen LogP contribution in [-0.4, -0.2) is 17.6 Å². The first kappa shape index (κ1) is 14.1. The summed E-state index contributed by atoms with van der Waals surface area (Å²) in [6.45, 7) is 4.59. The molecule has 0 bridgehead atoms. The quantitative estimate of drug-likeness (QED) is 0.925. The van der Waals surface area contributed by atoms with Crippen LogP contribution >= 0.6 is 0 Å². The van der Waals surface area contributed by atoms with E-state index in [1.165, 1.54) is 0 Å². The molecule has 0 saturated carbocycles. The number of amides is 1. The fraction of sp³-hybridized carbons (Fsp3) is 0.235. The van der Waals surface area contributed by atoms with Crippen LogP contribution in [-0.2, 0) is 11.2 Å². The highest BCUT2D eigenvalue weighted by Crippen LogP contribution is 2.21. The summed E-state index contributed by atoms with van der Waals surface area (Å²) in [7, 11) is 0. The van der Waals surface area contributed by atoms with Crippen LogP contribution in [0.4, 0.5) is 5.69 Å². The van der Waals surface area contributed by atoms with E-state index in [-0.39, 0.29) is 18.1 Å². The van der Waals surface area contributed by atoms with Gasteiger partial charge >= 0.3 is 0 Å². The highest BCUT2D eigenvalue weighted by atomic mass is 16.3. The van der Waals surface area contributed by atoms with Crippen LogP contribution in [0.3, 0.4) is 0 Å². The van der Waals surface area contributed by atoms with Gasteiger partial charge in [0.1, 0.15) is 5.75 Å². The van der Waals surface area contributed by atoms with Crippen molar-refractivity contribution in [3.63, 3.8) is 0 Å². The normalized spacial score (nSPS) is 10.3. The summed E-state index contributed by atoms with van der Waals surface area (Å²) in [4.78, 5) is 14.2. The smallest absolute Gasteiger partial charge is 0.231 e. The summed E-state index contributed by atoms with van der Waals surface area (Å²) in [5, 5.41) is 9.46. The summed E-state index contributed by atoms with van der Waals surface area (Å²) < 4.78 is 0. The van der Waals surface area contributed by atoms with Gasteiger partial charge in [0.15, 0.2) is 0 Å². The van der Waals surface area contributed by atoms with Crippen molar-refractivity contribution in [2.45, 2.75) is 20.3 Å². The minimum atomic E-state index is 0.0346. The number of aromatic hydroxyl groups is 1. The molecule has 0 unspecified atom stereocenters. The largest absolute Gasteiger partial charge is 0.508 e. The monoisotopic (exact) mass is 269 g/mol. The highest BCUT2D eigenvalue weighted by Gasteiger charge is 2.15. The Morgan fingerprint density at radius 1 is 1.15 bits per heavy atom. The molecular formula is C17H19NO2. The van der Waals surface area contributed by atoms with E-state index in [2.05, 4.69) is 0 Å². The maximum absolute atomic E-state index is 12.5. The number of carbonyl (C=O) groups excluding carboxylic acids is 1. The SMILES string of the molecule is CCN(C(=O)Cc1cccc(O)c1)c1ccccc1C. The van der Waals surface area contributed by atoms with Gasteiger partial charge in [0.2, 0.25) is 5.91 Å². The second-order valence-electron chi connectivity index (χ2n) is 4.77. The second kappa shape index (κ2) is 6.24. The number of phenolic OH excluding ortho intramolecular Hbond substituents is 1. The number of hydrogen-bond acceptors (Lipinski definition) is 2. The molecule has 20 heavy (non-hydrogen) atoms. The average Bonchev–Trinajstić information content (AvgIpc) is 2.41. The van der Waals surface area contributed by atoms with E-state index in [1.54, 1.807) is 23.1 Å². The molecule has 3 heteroatoms. The standard InChI is InChI=1S/C17H19NO2/c1-3-18(16-10-5-4-7-13(16)2)17(20)12-14-8-6-9-15(19)11-14/h4-11,19H,3,12H2,1-2H3. The van der Waals surface area contributed by atoms with Crippen LogP contribution in [0.15, 0.2) is 48.5 Å². The van der Waals surface area contributed by atoms with Crippen LogP contribution in [0.1, 0.15) is 18.1 Å². The van der Waals surface area contributed by atoms with Gasteiger partial charge in [0.25, 0.3) is 0 Å². The summed E-state index contributed by atoms with van der Waals surface area (Å²) in [6, 6.07) is 14.7. The van der Waals surface area contributed by atoms with Gasteiger partial charge in [0, 0.05) is 12.2 Å². The molecular weight excluding hydrogens is 250 g/mol. The van der Waals surface area contributed by atoms with Gasteiger partial charge in [-0.2, -0.15) is 0 Å². The van der Waals surface area contributed by atoms with Crippen molar-refractivity contribution < 1.29 is 9.90 Å². The molecule has 1 amide bonds. The van der Waals surface area contributed by atoms with Crippen LogP contribution in [0, 0.1) is 6.92 Å². The Morgan fingerprint density at radius 2 is 1.90 bits per heavy atom. The van der Waals surface area contributed by atoms with E-state index in [4.69, 9.17) is 0 Å². The Labute approximate surface area is 119 Å². The van der Waals surface area contributed by atoms with E-state index >= 15 is 0 Å². The molecule has 0 spiro atoms. The zero-order valence-electron chi connectivity index (χ0n) is 11.8. The maximum atomic E-state index is 12.5. The number of benzene rings is 2. The van der Waals surface area contributed by atoms with Gasteiger partial charge in [-0.05, 0) is 43.2 Å². The molecule has 3 nitrogen and oxygen atoms in total. The zero-order chi connectivity index (χ0) is 14.5. The molecule has 0 aliphatic carbocycles. The minimum Gasteiger partial charge on any atom is -0.508 e. The number of para-hydroxylation sites is 1. The lowest BCUT2D eigenvalue weighted by molar-refractivity contribution is -0.117. The third-order valence-corrected chi connectivity index (χ3v) is 3.29. The zero-order valence-corrected chi connectivity index (χ0v) is 11.8. The molecule has 0 aromatic heterocycles. The van der Waals surface area contributed by atoms with Crippen molar-refractivity contribution in [2.24, 2.45) is 0 Å². The molecule has 0 saturated heterocycles. The number of hydrogen-bond donors (Lipinski definition) is 1. The Kier molecular flexibility index (Phi) is 4.41. The van der Waals surface area contributed by atoms with Crippen molar-refractivity contribution in [2.75, 3.05) is 11.4 Å². The lowest BCUT2D eigenvalue weighted by atomic mass is 10.1. The summed E-state index contributed by atoms with van der Waals surface area (Å²) >= 11 is 0. The number of nitrogens with zero attached hydrogens (tertiary/aromatic N) is 1. The Hall–Kier alpha value is -2.29. The lowest BCUT2D eigenvalue weighted by Gasteiger charge is -2.23. The second-order valence-corrected chi connectivity index (χ2v) is 4.77. The Morgan fingerprint density at radius 3 is 2.55 bits per heavy atom. The first-order valence-electron chi connectivity index (χ1n) is 6.75. The summed E-state index contributed by atoms with van der Waals surface area (Å²) in [6.07, 6.45) is 0.288. The third-order valence-electron chi connectivity index (χ3n) is 3.29. The maximum Gasteiger partial charge on any atom is 0.231 e. The number of likely N-dealkylation sites (N-methyl/N-ethyl adjacent to an activating group) is 1. The number of phenols is 1. The van der Waals surface area contributed by atoms with Crippen LogP contribution < -0.4 is 4.90 Å². The van der Waals surface area contributed by atoms with E-state index in [1.807, 2.05) is 44.2 Å². The first-order valence-corrected chi connectivity index (χ1v) is 6.75. The summed E-state index contributed by atoms with van der Waals surface area (Å²) in [5.74, 6) is 0.224. The van der Waals surface area contributed by atoms with Crippen molar-refractivity contribution in [1.82, 2.24) is 0 Å². The van der Waals surface area contributed by atoms with Crippen molar-refractivity contribution in [1.29, 1.82) is 0 Å². The van der Waals surface area contributed by atoms with Crippen LogP contribution in [0.2, 0.25) is 0 Å². The molecule has 0 atom stereocenters. The molecule has 0 aliphatic rings. The molecule has 0 fully saturated rings. The van der Waals surface area contributed by atoms with Gasteiger partial charge in [-0.15, -0.1) is 0 Å². The van der Waals surface area contributed by atoms with Gasteiger partial charge in [0.05, 0.1) is 6.42 Å². The molecule has 2 rings (SSSR count). The van der Waals surface area contributed by atoms with Gasteiger partial charge in [-0.3, -0.25) is 4.79 Å². The Bertz CT molecular complexity index is 607. The van der Waals surface area contributed by atoms with E-state index < -0.39 is 0 Å². The van der Waals surface area contributed by atoms with Crippen LogP contribution in [0.5, 0.6) is 5.75 Å². The fourth-order valence-corrected chi connectivity index (χ4v) is 2.28. The molecule has 1 N–H and O–H groups in total. The number of aryl methyl sites for hydroxylation is 1. The lowest BCUT2D eigenvalue weighted by Crippen LogP contribution is -2.32. The average molecular weight is 269 g/mol. The molecule has 2 aromatic rings. The van der Waals surface area contributed by atoms with Gasteiger partial charge < -0.3 is 10.0 Å². The van der Waals surface area contributed by atoms with E-state index in [0.717, 1.165) is 16.8 Å². The molecule has 104 valence electrons. The third kappa shape index (κ3) is 3.18. The number of anilines is 1. The number of rotatable bonds is 4. The van der Waals surface area contributed by atoms with Crippen molar-refractivity contribution in [3.8, 4) is 5.75 Å². The summed E-state index contributed by atoms with van der Waals surface area (Å²) in [5.41, 5.74) is 2.85. The predicted octanol–water partition coefficient (Wildman–Crippen LogP) is 3.30. The van der Waals surface area contributed by atoms with Crippen LogP contribution in [0.25, 0.3) is 0 Å². The van der Waals surface area contributed by atoms with Gasteiger partial charge in [-0.25, -0.2) is 0 Å². The fourth-order valence-electron chi connectivity index (χ4n) is 2.28. The Balaban J connectivity index is 2.20. The number of carbonyl (C=O) groups is 1. The van der Waals surface area contributed by atoms with Crippen molar-refractivity contribution in [3.05, 3.63) is 59.7 Å². The first-order chi connectivity index (χ1) is 9.61. The predicted molar refractivity (Wildman–Crippen MR) is 81.0 cm³/mol. The minimum absolute atomic E-state index is 0.0346. The van der Waals surface area contributed by atoms with Gasteiger partial charge in [-0.1, -0.05) is 30.3 Å². The molecule has 0 aliphatic heterocycles.